The van der Waals surface area contributed by atoms with E-state index >= 15 is 0 Å². The molecule has 1 amide bonds. The predicted octanol–water partition coefficient (Wildman–Crippen LogP) is 3.50. The van der Waals surface area contributed by atoms with Crippen molar-refractivity contribution in [1.29, 1.82) is 0 Å². The maximum Gasteiger partial charge on any atom is 0.251 e. The SMILES string of the molecule is C=O.C=O.CN1CCOCC1.Cc1cc(C(=O)NC(C)C(C)(C)C)ccc1Br. The molecular formula is C21H35BrN2O4. The standard InChI is InChI=1S/C14H20BrNO.C5H11NO.2CH2O/c1-9-8-11(6-7-12(9)15)13(17)16-10(2)14(3,4)5;1-6-2-4-7-5-3-6;2*1-2/h6-8,10H,1-5H3,(H,16,17);2-5H2,1H3;2*1H2. The molecule has 1 saturated heterocycles. The molecule has 1 atom stereocenters. The number of benzene rings is 1. The molecule has 1 heterocycles. The molecule has 7 heteroatoms. The van der Waals surface area contributed by atoms with Gasteiger partial charge in [-0.3, -0.25) is 4.79 Å². The third-order valence-corrected chi connectivity index (χ3v) is 5.19. The van der Waals surface area contributed by atoms with Crippen molar-refractivity contribution in [3.8, 4) is 0 Å². The molecule has 2 rings (SSSR count). The molecule has 6 nitrogen and oxygen atoms in total. The normalized spacial score (nSPS) is 14.7. The Labute approximate surface area is 178 Å². The Balaban J connectivity index is 0. The van der Waals surface area contributed by atoms with Gasteiger partial charge in [-0.1, -0.05) is 36.7 Å². The van der Waals surface area contributed by atoms with E-state index < -0.39 is 0 Å². The average molecular weight is 459 g/mol. The molecule has 1 aromatic carbocycles. The minimum absolute atomic E-state index is 0.0111. The highest BCUT2D eigenvalue weighted by Crippen LogP contribution is 2.20. The van der Waals surface area contributed by atoms with Crippen LogP contribution >= 0.6 is 15.9 Å². The van der Waals surface area contributed by atoms with E-state index in [0.717, 1.165) is 36.3 Å². The van der Waals surface area contributed by atoms with Crippen molar-refractivity contribution in [3.05, 3.63) is 33.8 Å². The highest BCUT2D eigenvalue weighted by atomic mass is 79.9. The van der Waals surface area contributed by atoms with Gasteiger partial charge in [0.25, 0.3) is 5.91 Å². The van der Waals surface area contributed by atoms with Crippen LogP contribution in [0.2, 0.25) is 0 Å². The second-order valence-corrected chi connectivity index (χ2v) is 8.30. The molecule has 0 saturated carbocycles. The quantitative estimate of drug-likeness (QED) is 0.733. The number of carbonyl (C=O) groups is 3. The van der Waals surface area contributed by atoms with Gasteiger partial charge in [-0.05, 0) is 50.1 Å². The highest BCUT2D eigenvalue weighted by molar-refractivity contribution is 9.10. The van der Waals surface area contributed by atoms with E-state index in [4.69, 9.17) is 14.3 Å². The second-order valence-electron chi connectivity index (χ2n) is 7.44. The Hall–Kier alpha value is -1.57. The molecule has 0 radical (unpaired) electrons. The molecule has 0 spiro atoms. The lowest BCUT2D eigenvalue weighted by molar-refractivity contribution is -0.0987. The van der Waals surface area contributed by atoms with Gasteiger partial charge in [0, 0.05) is 29.2 Å². The summed E-state index contributed by atoms with van der Waals surface area (Å²) in [6.45, 7) is 18.4. The fourth-order valence-electron chi connectivity index (χ4n) is 1.94. The number of rotatable bonds is 2. The lowest BCUT2D eigenvalue weighted by Gasteiger charge is -2.28. The maximum absolute atomic E-state index is 12.0. The summed E-state index contributed by atoms with van der Waals surface area (Å²) >= 11 is 3.43. The summed E-state index contributed by atoms with van der Waals surface area (Å²) in [5, 5.41) is 3.03. The number of nitrogens with one attached hydrogen (secondary N) is 1. The van der Waals surface area contributed by atoms with Gasteiger partial charge < -0.3 is 24.5 Å². The molecule has 1 aromatic rings. The fraction of sp³-hybridized carbons (Fsp3) is 0.571. The molecule has 1 aliphatic rings. The highest BCUT2D eigenvalue weighted by Gasteiger charge is 2.22. The van der Waals surface area contributed by atoms with Gasteiger partial charge in [0.2, 0.25) is 0 Å². The molecule has 160 valence electrons. The van der Waals surface area contributed by atoms with Crippen molar-refractivity contribution >= 4 is 35.4 Å². The van der Waals surface area contributed by atoms with E-state index in [-0.39, 0.29) is 17.4 Å². The summed E-state index contributed by atoms with van der Waals surface area (Å²) in [5.41, 5.74) is 1.85. The first-order chi connectivity index (χ1) is 13.1. The van der Waals surface area contributed by atoms with Crippen LogP contribution in [0.1, 0.15) is 43.6 Å². The number of hydrogen-bond acceptors (Lipinski definition) is 5. The summed E-state index contributed by atoms with van der Waals surface area (Å²) < 4.78 is 6.12. The molecule has 0 bridgehead atoms. The molecule has 1 unspecified atom stereocenters. The van der Waals surface area contributed by atoms with Gasteiger partial charge in [0.15, 0.2) is 0 Å². The van der Waals surface area contributed by atoms with Gasteiger partial charge in [0.05, 0.1) is 13.2 Å². The van der Waals surface area contributed by atoms with E-state index in [1.165, 1.54) is 0 Å². The average Bonchev–Trinajstić information content (AvgIpc) is 2.67. The topological polar surface area (TPSA) is 75.7 Å². The zero-order chi connectivity index (χ0) is 22.3. The number of ether oxygens (including phenoxy) is 1. The molecule has 0 aliphatic carbocycles. The first-order valence-electron chi connectivity index (χ1n) is 9.02. The summed E-state index contributed by atoms with van der Waals surface area (Å²) in [6, 6.07) is 5.78. The molecule has 1 N–H and O–H groups in total. The van der Waals surface area contributed by atoms with Gasteiger partial charge in [-0.25, -0.2) is 0 Å². The zero-order valence-electron chi connectivity index (χ0n) is 18.0. The van der Waals surface area contributed by atoms with Crippen LogP contribution in [0.15, 0.2) is 22.7 Å². The van der Waals surface area contributed by atoms with Crippen molar-refractivity contribution in [2.75, 3.05) is 33.4 Å². The first-order valence-corrected chi connectivity index (χ1v) is 9.81. The van der Waals surface area contributed by atoms with E-state index in [1.807, 2.05) is 45.6 Å². The Bertz CT molecular complexity index is 568. The Morgan fingerprint density at radius 3 is 2.04 bits per heavy atom. The lowest BCUT2D eigenvalue weighted by Crippen LogP contribution is -2.41. The summed E-state index contributed by atoms with van der Waals surface area (Å²) in [5.74, 6) is -0.0111. The van der Waals surface area contributed by atoms with Crippen LogP contribution in [0.5, 0.6) is 0 Å². The predicted molar refractivity (Wildman–Crippen MR) is 118 cm³/mol. The molecule has 1 fully saturated rings. The molecule has 1 aliphatic heterocycles. The van der Waals surface area contributed by atoms with E-state index in [0.29, 0.717) is 5.56 Å². The Morgan fingerprint density at radius 2 is 1.68 bits per heavy atom. The van der Waals surface area contributed by atoms with Gasteiger partial charge >= 0.3 is 0 Å². The van der Waals surface area contributed by atoms with Crippen LogP contribution in [-0.4, -0.2) is 63.8 Å². The van der Waals surface area contributed by atoms with Crippen molar-refractivity contribution in [3.63, 3.8) is 0 Å². The molecular weight excluding hydrogens is 424 g/mol. The second kappa shape index (κ2) is 15.4. The van der Waals surface area contributed by atoms with Crippen molar-refractivity contribution in [2.45, 2.75) is 40.7 Å². The number of hydrogen-bond donors (Lipinski definition) is 1. The number of nitrogens with zero attached hydrogens (tertiary/aromatic N) is 1. The molecule has 0 aromatic heterocycles. The largest absolute Gasteiger partial charge is 0.379 e. The maximum atomic E-state index is 12.0. The Morgan fingerprint density at radius 1 is 1.18 bits per heavy atom. The van der Waals surface area contributed by atoms with Crippen molar-refractivity contribution in [2.24, 2.45) is 5.41 Å². The van der Waals surface area contributed by atoms with E-state index in [9.17, 15) is 4.79 Å². The molecule has 28 heavy (non-hydrogen) atoms. The third-order valence-electron chi connectivity index (χ3n) is 4.30. The van der Waals surface area contributed by atoms with Crippen LogP contribution in [0.25, 0.3) is 0 Å². The first kappa shape index (κ1) is 28.6. The summed E-state index contributed by atoms with van der Waals surface area (Å²) in [6.07, 6.45) is 0. The summed E-state index contributed by atoms with van der Waals surface area (Å²) in [7, 11) is 2.11. The lowest BCUT2D eigenvalue weighted by atomic mass is 9.88. The van der Waals surface area contributed by atoms with Crippen molar-refractivity contribution in [1.82, 2.24) is 10.2 Å². The van der Waals surface area contributed by atoms with Crippen molar-refractivity contribution < 1.29 is 19.1 Å². The van der Waals surface area contributed by atoms with Gasteiger partial charge in [-0.2, -0.15) is 0 Å². The third kappa shape index (κ3) is 12.0. The number of amides is 1. The van der Waals surface area contributed by atoms with E-state index in [1.54, 1.807) is 0 Å². The monoisotopic (exact) mass is 458 g/mol. The van der Waals surface area contributed by atoms with Crippen LogP contribution in [0, 0.1) is 12.3 Å². The number of carbonyl (C=O) groups excluding carboxylic acids is 3. The zero-order valence-corrected chi connectivity index (χ0v) is 19.6. The van der Waals surface area contributed by atoms with Gasteiger partial charge in [0.1, 0.15) is 13.6 Å². The number of morpholine rings is 1. The van der Waals surface area contributed by atoms with Crippen LogP contribution in [0.4, 0.5) is 0 Å². The summed E-state index contributed by atoms with van der Waals surface area (Å²) in [4.78, 5) is 30.3. The van der Waals surface area contributed by atoms with Crippen LogP contribution in [0.3, 0.4) is 0 Å². The minimum atomic E-state index is -0.0111. The minimum Gasteiger partial charge on any atom is -0.379 e. The van der Waals surface area contributed by atoms with Gasteiger partial charge in [-0.15, -0.1) is 0 Å². The van der Waals surface area contributed by atoms with Crippen LogP contribution < -0.4 is 5.32 Å². The number of likely N-dealkylation sites (N-methyl/N-ethyl adjacent to an activating group) is 1. The van der Waals surface area contributed by atoms with E-state index in [2.05, 4.69) is 54.0 Å². The Kier molecular flexibility index (Phi) is 15.7. The smallest absolute Gasteiger partial charge is 0.251 e. The number of aryl methyl sites for hydroxylation is 1. The fourth-order valence-corrected chi connectivity index (χ4v) is 2.18. The number of halogens is 1. The van der Waals surface area contributed by atoms with Crippen LogP contribution in [-0.2, 0) is 14.3 Å².